The van der Waals surface area contributed by atoms with E-state index >= 15 is 0 Å². The van der Waals surface area contributed by atoms with E-state index in [1.165, 1.54) is 0 Å². The van der Waals surface area contributed by atoms with Gasteiger partial charge >= 0.3 is 11.9 Å². The molecule has 0 unspecified atom stereocenters. The molecule has 1 saturated heterocycles. The minimum Gasteiger partial charge on any atom is -0.459 e. The van der Waals surface area contributed by atoms with Crippen molar-refractivity contribution in [3.63, 3.8) is 0 Å². The van der Waals surface area contributed by atoms with Crippen LogP contribution in [0.1, 0.15) is 31.4 Å². The minimum atomic E-state index is -0.749. The molecule has 0 spiro atoms. The average Bonchev–Trinajstić information content (AvgIpc) is 2.95. The van der Waals surface area contributed by atoms with Crippen molar-refractivity contribution in [2.75, 3.05) is 19.4 Å². The lowest BCUT2D eigenvalue weighted by atomic mass is 10.0. The Balaban J connectivity index is 2.23. The van der Waals surface area contributed by atoms with Crippen molar-refractivity contribution in [3.05, 3.63) is 29.8 Å². The number of hydrogen-bond acceptors (Lipinski definition) is 4. The molecule has 1 fully saturated rings. The normalized spacial score (nSPS) is 18.1. The molecular formula is C15H19NO3S. The molecule has 20 heavy (non-hydrogen) atoms. The van der Waals surface area contributed by atoms with Crippen LogP contribution >= 0.6 is 11.8 Å². The van der Waals surface area contributed by atoms with Crippen molar-refractivity contribution in [3.8, 4) is 0 Å². The zero-order valence-corrected chi connectivity index (χ0v) is 12.6. The SMILES string of the molecule is CCOC(=O)C(=O)N1CCC[C@@H]1c1ccccc1SC. The summed E-state index contributed by atoms with van der Waals surface area (Å²) in [6.45, 7) is 2.55. The summed E-state index contributed by atoms with van der Waals surface area (Å²) in [7, 11) is 0. The smallest absolute Gasteiger partial charge is 0.397 e. The highest BCUT2D eigenvalue weighted by atomic mass is 32.2. The van der Waals surface area contributed by atoms with E-state index < -0.39 is 11.9 Å². The highest BCUT2D eigenvalue weighted by Crippen LogP contribution is 2.36. The number of carbonyl (C=O) groups is 2. The molecular weight excluding hydrogens is 274 g/mol. The Morgan fingerprint density at radius 2 is 2.15 bits per heavy atom. The van der Waals surface area contributed by atoms with Crippen molar-refractivity contribution in [1.29, 1.82) is 0 Å². The van der Waals surface area contributed by atoms with Crippen molar-refractivity contribution in [2.24, 2.45) is 0 Å². The highest BCUT2D eigenvalue weighted by Gasteiger charge is 2.35. The van der Waals surface area contributed by atoms with Crippen LogP contribution < -0.4 is 0 Å². The molecule has 4 nitrogen and oxygen atoms in total. The van der Waals surface area contributed by atoms with E-state index in [4.69, 9.17) is 4.74 Å². The molecule has 1 amide bonds. The summed E-state index contributed by atoms with van der Waals surface area (Å²) in [5.74, 6) is -1.27. The number of rotatable bonds is 3. The number of amides is 1. The van der Waals surface area contributed by atoms with E-state index in [-0.39, 0.29) is 12.6 Å². The first-order valence-corrected chi connectivity index (χ1v) is 8.02. The van der Waals surface area contributed by atoms with Gasteiger partial charge in [-0.1, -0.05) is 18.2 Å². The maximum Gasteiger partial charge on any atom is 0.397 e. The van der Waals surface area contributed by atoms with Crippen LogP contribution in [0, 0.1) is 0 Å². The van der Waals surface area contributed by atoms with Gasteiger partial charge in [-0.3, -0.25) is 4.79 Å². The second-order valence-electron chi connectivity index (χ2n) is 4.62. The van der Waals surface area contributed by atoms with Gasteiger partial charge in [-0.25, -0.2) is 4.79 Å². The summed E-state index contributed by atoms with van der Waals surface area (Å²) in [5, 5.41) is 0. The number of likely N-dealkylation sites (tertiary alicyclic amines) is 1. The molecule has 108 valence electrons. The zero-order valence-electron chi connectivity index (χ0n) is 11.8. The van der Waals surface area contributed by atoms with Crippen molar-refractivity contribution in [2.45, 2.75) is 30.7 Å². The number of hydrogen-bond donors (Lipinski definition) is 0. The van der Waals surface area contributed by atoms with E-state index in [0.717, 1.165) is 23.3 Å². The first-order chi connectivity index (χ1) is 9.69. The topological polar surface area (TPSA) is 46.6 Å². The van der Waals surface area contributed by atoms with Crippen LogP contribution in [0.25, 0.3) is 0 Å². The molecule has 1 aromatic carbocycles. The van der Waals surface area contributed by atoms with Crippen LogP contribution in [0.5, 0.6) is 0 Å². The maximum atomic E-state index is 12.2. The predicted molar refractivity (Wildman–Crippen MR) is 78.5 cm³/mol. The minimum absolute atomic E-state index is 0.0180. The molecule has 1 heterocycles. The number of benzene rings is 1. The number of thioether (sulfide) groups is 1. The van der Waals surface area contributed by atoms with E-state index in [1.54, 1.807) is 23.6 Å². The molecule has 2 rings (SSSR count). The molecule has 0 radical (unpaired) electrons. The van der Waals surface area contributed by atoms with E-state index in [1.807, 2.05) is 30.5 Å². The number of esters is 1. The number of ether oxygens (including phenoxy) is 1. The van der Waals surface area contributed by atoms with Crippen LogP contribution in [0.3, 0.4) is 0 Å². The van der Waals surface area contributed by atoms with Gasteiger partial charge in [-0.15, -0.1) is 11.8 Å². The summed E-state index contributed by atoms with van der Waals surface area (Å²) in [4.78, 5) is 26.6. The number of nitrogens with zero attached hydrogens (tertiary/aromatic N) is 1. The highest BCUT2D eigenvalue weighted by molar-refractivity contribution is 7.98. The fourth-order valence-corrected chi connectivity index (χ4v) is 3.24. The van der Waals surface area contributed by atoms with Crippen molar-refractivity contribution < 1.29 is 14.3 Å². The van der Waals surface area contributed by atoms with Gasteiger partial charge in [0.15, 0.2) is 0 Å². The summed E-state index contributed by atoms with van der Waals surface area (Å²) in [6.07, 6.45) is 3.83. The second-order valence-corrected chi connectivity index (χ2v) is 5.47. The monoisotopic (exact) mass is 293 g/mol. The molecule has 0 N–H and O–H groups in total. The van der Waals surface area contributed by atoms with E-state index in [0.29, 0.717) is 6.54 Å². The third-order valence-electron chi connectivity index (χ3n) is 3.46. The van der Waals surface area contributed by atoms with E-state index in [2.05, 4.69) is 0 Å². The molecule has 1 aliphatic rings. The largest absolute Gasteiger partial charge is 0.459 e. The van der Waals surface area contributed by atoms with Crippen molar-refractivity contribution in [1.82, 2.24) is 4.90 Å². The van der Waals surface area contributed by atoms with Crippen LogP contribution in [-0.2, 0) is 14.3 Å². The summed E-state index contributed by atoms with van der Waals surface area (Å²) in [6, 6.07) is 8.02. The fraction of sp³-hybridized carbons (Fsp3) is 0.467. The maximum absolute atomic E-state index is 12.2. The fourth-order valence-electron chi connectivity index (χ4n) is 2.58. The van der Waals surface area contributed by atoms with Gasteiger partial charge in [0.05, 0.1) is 12.6 Å². The van der Waals surface area contributed by atoms with Crippen LogP contribution in [0.15, 0.2) is 29.2 Å². The Labute approximate surface area is 123 Å². The van der Waals surface area contributed by atoms with Gasteiger partial charge in [-0.2, -0.15) is 0 Å². The van der Waals surface area contributed by atoms with Gasteiger partial charge < -0.3 is 9.64 Å². The van der Waals surface area contributed by atoms with Gasteiger partial charge in [0.2, 0.25) is 0 Å². The Kier molecular flexibility index (Phi) is 5.06. The lowest BCUT2D eigenvalue weighted by Gasteiger charge is -2.25. The van der Waals surface area contributed by atoms with Crippen LogP contribution in [-0.4, -0.2) is 36.2 Å². The lowest BCUT2D eigenvalue weighted by molar-refractivity contribution is -0.160. The summed E-state index contributed by atoms with van der Waals surface area (Å²) < 4.78 is 4.82. The summed E-state index contributed by atoms with van der Waals surface area (Å²) in [5.41, 5.74) is 1.12. The Morgan fingerprint density at radius 3 is 2.85 bits per heavy atom. The molecule has 1 aromatic rings. The van der Waals surface area contributed by atoms with Gasteiger partial charge in [0.1, 0.15) is 0 Å². The molecule has 0 bridgehead atoms. The average molecular weight is 293 g/mol. The van der Waals surface area contributed by atoms with Crippen LogP contribution in [0.2, 0.25) is 0 Å². The second kappa shape index (κ2) is 6.79. The molecule has 1 atom stereocenters. The third-order valence-corrected chi connectivity index (χ3v) is 4.27. The van der Waals surface area contributed by atoms with Gasteiger partial charge in [-0.05, 0) is 37.7 Å². The Morgan fingerprint density at radius 1 is 1.40 bits per heavy atom. The molecule has 0 aliphatic carbocycles. The van der Waals surface area contributed by atoms with Crippen LogP contribution in [0.4, 0.5) is 0 Å². The zero-order chi connectivity index (χ0) is 14.5. The third kappa shape index (κ3) is 2.98. The van der Waals surface area contributed by atoms with Crippen molar-refractivity contribution >= 4 is 23.6 Å². The first kappa shape index (κ1) is 14.9. The quantitative estimate of drug-likeness (QED) is 0.488. The Bertz CT molecular complexity index is 504. The van der Waals surface area contributed by atoms with Gasteiger partial charge in [0.25, 0.3) is 0 Å². The molecule has 0 aromatic heterocycles. The Hall–Kier alpha value is -1.49. The van der Waals surface area contributed by atoms with Gasteiger partial charge in [0, 0.05) is 11.4 Å². The van der Waals surface area contributed by atoms with E-state index in [9.17, 15) is 9.59 Å². The first-order valence-electron chi connectivity index (χ1n) is 6.79. The number of carbonyl (C=O) groups excluding carboxylic acids is 2. The summed E-state index contributed by atoms with van der Waals surface area (Å²) >= 11 is 1.66. The predicted octanol–water partition coefficient (Wildman–Crippen LogP) is 2.64. The standard InChI is InChI=1S/C15H19NO3S/c1-3-19-15(18)14(17)16-10-6-8-12(16)11-7-4-5-9-13(11)20-2/h4-5,7,9,12H,3,6,8,10H2,1-2H3/t12-/m1/s1. The molecule has 0 saturated carbocycles. The molecule has 1 aliphatic heterocycles. The lowest BCUT2D eigenvalue weighted by Crippen LogP contribution is -2.37. The molecule has 5 heteroatoms.